The monoisotopic (exact) mass is 488 g/mol. The molecule has 186 valence electrons. The number of methoxy groups -OCH3 is 3. The predicted molar refractivity (Wildman–Crippen MR) is 137 cm³/mol. The Hall–Kier alpha value is -4.24. The summed E-state index contributed by atoms with van der Waals surface area (Å²) in [6.45, 7) is 1.94. The molecule has 0 aliphatic carbocycles. The molecule has 0 amide bonds. The number of hydrogen-bond acceptors (Lipinski definition) is 9. The summed E-state index contributed by atoms with van der Waals surface area (Å²) >= 11 is 0. The second kappa shape index (κ2) is 11.5. The number of carbonyl (C=O) groups excluding carboxylic acids is 1. The Kier molecular flexibility index (Phi) is 7.92. The molecule has 0 aliphatic rings. The van der Waals surface area contributed by atoms with Gasteiger partial charge in [-0.15, -0.1) is 0 Å². The van der Waals surface area contributed by atoms with Crippen molar-refractivity contribution in [2.24, 2.45) is 0 Å². The average Bonchev–Trinajstić information content (AvgIpc) is 2.91. The molecule has 4 rings (SSSR count). The minimum Gasteiger partial charge on any atom is -0.497 e. The van der Waals surface area contributed by atoms with Gasteiger partial charge in [-0.2, -0.15) is 0 Å². The zero-order valence-corrected chi connectivity index (χ0v) is 20.7. The van der Waals surface area contributed by atoms with Gasteiger partial charge in [0.1, 0.15) is 17.6 Å². The first-order valence-electron chi connectivity index (χ1n) is 11.3. The van der Waals surface area contributed by atoms with Gasteiger partial charge in [-0.25, -0.2) is 4.98 Å². The van der Waals surface area contributed by atoms with E-state index in [0.29, 0.717) is 23.6 Å². The van der Waals surface area contributed by atoms with E-state index in [-0.39, 0.29) is 12.6 Å². The average molecular weight is 489 g/mol. The zero-order chi connectivity index (χ0) is 25.5. The summed E-state index contributed by atoms with van der Waals surface area (Å²) in [5.41, 5.74) is 4.67. The van der Waals surface area contributed by atoms with Crippen LogP contribution < -0.4 is 14.4 Å². The van der Waals surface area contributed by atoms with Crippen molar-refractivity contribution in [2.75, 3.05) is 39.4 Å². The molecule has 0 bridgehead atoms. The smallest absolute Gasteiger partial charge is 0.303 e. The SMILES string of the molecule is COCC(CN(c1cc(OC)cc(OC)c1)c1ccc2ncc(-c3cccnc3)nc2c1)OC(C)=O. The Balaban J connectivity index is 1.81. The van der Waals surface area contributed by atoms with E-state index >= 15 is 0 Å². The van der Waals surface area contributed by atoms with E-state index in [1.807, 2.05) is 47.4 Å². The lowest BCUT2D eigenvalue weighted by atomic mass is 10.1. The molecule has 0 saturated heterocycles. The van der Waals surface area contributed by atoms with Gasteiger partial charge in [-0.3, -0.25) is 14.8 Å². The number of fused-ring (bicyclic) bond motifs is 1. The Morgan fingerprint density at radius 2 is 1.72 bits per heavy atom. The molecule has 4 aromatic rings. The first-order chi connectivity index (χ1) is 17.5. The van der Waals surface area contributed by atoms with E-state index in [2.05, 4.69) is 9.97 Å². The highest BCUT2D eigenvalue weighted by Crippen LogP contribution is 2.34. The predicted octanol–water partition coefficient (Wildman–Crippen LogP) is 4.43. The lowest BCUT2D eigenvalue weighted by Crippen LogP contribution is -2.35. The third kappa shape index (κ3) is 5.87. The number of ether oxygens (including phenoxy) is 4. The van der Waals surface area contributed by atoms with E-state index in [1.54, 1.807) is 46.0 Å². The maximum Gasteiger partial charge on any atom is 0.303 e. The van der Waals surface area contributed by atoms with Crippen LogP contribution in [0.25, 0.3) is 22.3 Å². The molecular formula is C27H28N4O5. The molecular weight excluding hydrogens is 460 g/mol. The van der Waals surface area contributed by atoms with Crippen LogP contribution in [0.2, 0.25) is 0 Å². The van der Waals surface area contributed by atoms with Crippen LogP contribution in [0.5, 0.6) is 11.5 Å². The number of carbonyl (C=O) groups is 1. The Morgan fingerprint density at radius 3 is 2.36 bits per heavy atom. The topological polar surface area (TPSA) is 95.9 Å². The summed E-state index contributed by atoms with van der Waals surface area (Å²) in [7, 11) is 4.77. The van der Waals surface area contributed by atoms with Crippen LogP contribution >= 0.6 is 0 Å². The second-order valence-electron chi connectivity index (χ2n) is 8.04. The minimum absolute atomic E-state index is 0.232. The van der Waals surface area contributed by atoms with Crippen molar-refractivity contribution in [3.8, 4) is 22.8 Å². The molecule has 0 N–H and O–H groups in total. The number of pyridine rings is 1. The molecule has 0 spiro atoms. The quantitative estimate of drug-likeness (QED) is 0.300. The number of nitrogens with zero attached hydrogens (tertiary/aromatic N) is 4. The third-order valence-electron chi connectivity index (χ3n) is 5.51. The summed E-state index contributed by atoms with van der Waals surface area (Å²) in [5.74, 6) is 0.875. The van der Waals surface area contributed by atoms with Gasteiger partial charge in [-0.1, -0.05) is 0 Å². The lowest BCUT2D eigenvalue weighted by Gasteiger charge is -2.29. The number of rotatable bonds is 10. The number of anilines is 2. The van der Waals surface area contributed by atoms with Crippen molar-refractivity contribution >= 4 is 28.4 Å². The van der Waals surface area contributed by atoms with Crippen molar-refractivity contribution < 1.29 is 23.7 Å². The van der Waals surface area contributed by atoms with Crippen LogP contribution in [0, 0.1) is 0 Å². The number of esters is 1. The van der Waals surface area contributed by atoms with Gasteiger partial charge >= 0.3 is 5.97 Å². The number of benzene rings is 2. The Morgan fingerprint density at radius 1 is 0.944 bits per heavy atom. The van der Waals surface area contributed by atoms with E-state index in [9.17, 15) is 4.79 Å². The molecule has 0 aliphatic heterocycles. The van der Waals surface area contributed by atoms with Gasteiger partial charge in [0.05, 0.1) is 50.3 Å². The second-order valence-corrected chi connectivity index (χ2v) is 8.04. The van der Waals surface area contributed by atoms with Gasteiger partial charge in [0.15, 0.2) is 0 Å². The molecule has 36 heavy (non-hydrogen) atoms. The van der Waals surface area contributed by atoms with Crippen molar-refractivity contribution in [1.29, 1.82) is 0 Å². The van der Waals surface area contributed by atoms with Gasteiger partial charge in [0.25, 0.3) is 0 Å². The Bertz CT molecular complexity index is 1310. The third-order valence-corrected chi connectivity index (χ3v) is 5.51. The molecule has 2 heterocycles. The van der Waals surface area contributed by atoms with Crippen LogP contribution in [-0.2, 0) is 14.3 Å². The van der Waals surface area contributed by atoms with Gasteiger partial charge in [0.2, 0.25) is 0 Å². The number of hydrogen-bond donors (Lipinski definition) is 0. The van der Waals surface area contributed by atoms with Gasteiger partial charge < -0.3 is 23.8 Å². The van der Waals surface area contributed by atoms with Crippen LogP contribution in [0.15, 0.2) is 67.1 Å². The molecule has 1 atom stereocenters. The summed E-state index contributed by atoms with van der Waals surface area (Å²) in [6, 6.07) is 15.2. The first-order valence-corrected chi connectivity index (χ1v) is 11.3. The van der Waals surface area contributed by atoms with E-state index < -0.39 is 6.10 Å². The minimum atomic E-state index is -0.520. The largest absolute Gasteiger partial charge is 0.497 e. The molecule has 2 aromatic heterocycles. The summed E-state index contributed by atoms with van der Waals surface area (Å²) in [6.07, 6.45) is 4.69. The highest BCUT2D eigenvalue weighted by atomic mass is 16.6. The van der Waals surface area contributed by atoms with Crippen LogP contribution in [-0.4, -0.2) is 61.5 Å². The van der Waals surface area contributed by atoms with Gasteiger partial charge in [-0.05, 0) is 30.3 Å². The van der Waals surface area contributed by atoms with E-state index in [0.717, 1.165) is 28.1 Å². The maximum absolute atomic E-state index is 11.8. The zero-order valence-electron chi connectivity index (χ0n) is 20.7. The van der Waals surface area contributed by atoms with Crippen molar-refractivity contribution in [2.45, 2.75) is 13.0 Å². The molecule has 0 saturated carbocycles. The van der Waals surface area contributed by atoms with Gasteiger partial charge in [0, 0.05) is 61.6 Å². The summed E-state index contributed by atoms with van der Waals surface area (Å²) in [4.78, 5) is 27.4. The van der Waals surface area contributed by atoms with Crippen LogP contribution in [0.3, 0.4) is 0 Å². The molecule has 0 radical (unpaired) electrons. The molecule has 9 nitrogen and oxygen atoms in total. The number of aromatic nitrogens is 3. The Labute approximate surface area is 209 Å². The molecule has 2 aromatic carbocycles. The molecule has 0 fully saturated rings. The normalized spacial score (nSPS) is 11.7. The maximum atomic E-state index is 11.8. The standard InChI is InChI=1S/C27H28N4O5/c1-18(32)36-24(17-33-2)16-31(21-10-22(34-3)13-23(11-21)35-4)20-7-8-25-26(12-20)30-27(15-29-25)19-6-5-9-28-14-19/h5-15,24H,16-17H2,1-4H3. The van der Waals surface area contributed by atoms with Crippen LogP contribution in [0.1, 0.15) is 6.92 Å². The molecule has 9 heteroatoms. The highest BCUT2D eigenvalue weighted by Gasteiger charge is 2.21. The van der Waals surface area contributed by atoms with Crippen molar-refractivity contribution in [3.63, 3.8) is 0 Å². The first kappa shape index (κ1) is 24.9. The molecule has 1 unspecified atom stereocenters. The van der Waals surface area contributed by atoms with E-state index in [1.165, 1.54) is 6.92 Å². The van der Waals surface area contributed by atoms with Crippen LogP contribution in [0.4, 0.5) is 11.4 Å². The van der Waals surface area contributed by atoms with E-state index in [4.69, 9.17) is 23.9 Å². The van der Waals surface area contributed by atoms with Crippen molar-refractivity contribution in [3.05, 3.63) is 67.1 Å². The highest BCUT2D eigenvalue weighted by molar-refractivity contribution is 5.83. The fourth-order valence-corrected chi connectivity index (χ4v) is 3.88. The fraction of sp³-hybridized carbons (Fsp3) is 0.259. The van der Waals surface area contributed by atoms with Crippen molar-refractivity contribution in [1.82, 2.24) is 15.0 Å². The summed E-state index contributed by atoms with van der Waals surface area (Å²) < 4.78 is 21.8. The lowest BCUT2D eigenvalue weighted by molar-refractivity contribution is -0.148. The fourth-order valence-electron chi connectivity index (χ4n) is 3.88. The summed E-state index contributed by atoms with van der Waals surface area (Å²) in [5, 5.41) is 0.